The highest BCUT2D eigenvalue weighted by molar-refractivity contribution is 5.75. The topological polar surface area (TPSA) is 102 Å². The van der Waals surface area contributed by atoms with E-state index in [9.17, 15) is 9.59 Å². The molecule has 2 aromatic rings. The third kappa shape index (κ3) is 11.8. The van der Waals surface area contributed by atoms with Gasteiger partial charge in [-0.3, -0.25) is 14.4 Å². The molecule has 0 fully saturated rings. The lowest BCUT2D eigenvalue weighted by atomic mass is 10.0. The van der Waals surface area contributed by atoms with Gasteiger partial charge in [0, 0.05) is 32.6 Å². The highest BCUT2D eigenvalue weighted by Gasteiger charge is 2.08. The van der Waals surface area contributed by atoms with Crippen LogP contribution in [0.2, 0.25) is 0 Å². The lowest BCUT2D eigenvalue weighted by Gasteiger charge is -2.12. The lowest BCUT2D eigenvalue weighted by molar-refractivity contribution is -0.136. The molecule has 0 aromatic heterocycles. The summed E-state index contributed by atoms with van der Waals surface area (Å²) in [6.45, 7) is 1.54. The molecule has 9 heteroatoms. The summed E-state index contributed by atoms with van der Waals surface area (Å²) >= 11 is 0. The number of rotatable bonds is 19. The molecule has 2 aromatic carbocycles. The van der Waals surface area contributed by atoms with Crippen LogP contribution in [0.5, 0.6) is 11.5 Å². The van der Waals surface area contributed by atoms with Gasteiger partial charge in [0.1, 0.15) is 24.6 Å². The number of nitrogens with one attached hydrogen (secondary N) is 1. The number of methoxy groups -OCH3 is 2. The monoisotopic (exact) mass is 489 g/mol. The molecule has 0 bridgehead atoms. The maximum Gasteiger partial charge on any atom is 0.243 e. The van der Waals surface area contributed by atoms with E-state index in [0.29, 0.717) is 37.4 Å². The Hall–Kier alpha value is -2.98. The lowest BCUT2D eigenvalue weighted by Crippen LogP contribution is -2.25. The maximum atomic E-state index is 11.7. The third-order valence-corrected chi connectivity index (χ3v) is 4.90. The summed E-state index contributed by atoms with van der Waals surface area (Å²) in [6.07, 6.45) is 4.31. The summed E-state index contributed by atoms with van der Waals surface area (Å²) in [5, 5.41) is 0. The van der Waals surface area contributed by atoms with Crippen molar-refractivity contribution in [2.75, 3.05) is 47.6 Å². The fraction of sp³-hybridized carbons (Fsp3) is 0.462. The summed E-state index contributed by atoms with van der Waals surface area (Å²) in [6, 6.07) is 13.2. The average Bonchev–Trinajstić information content (AvgIpc) is 2.88. The molecule has 0 unspecified atom stereocenters. The van der Waals surface area contributed by atoms with Gasteiger partial charge >= 0.3 is 0 Å². The van der Waals surface area contributed by atoms with E-state index >= 15 is 0 Å². The fourth-order valence-corrected chi connectivity index (χ4v) is 3.18. The van der Waals surface area contributed by atoms with E-state index in [2.05, 4.69) is 5.48 Å². The minimum absolute atomic E-state index is 0.142. The Morgan fingerprint density at radius 3 is 2.43 bits per heavy atom. The molecule has 0 saturated carbocycles. The van der Waals surface area contributed by atoms with Crippen molar-refractivity contribution in [3.8, 4) is 11.5 Å². The van der Waals surface area contributed by atoms with Crippen LogP contribution in [0.15, 0.2) is 42.5 Å². The molecule has 0 saturated heterocycles. The van der Waals surface area contributed by atoms with Crippen LogP contribution in [0.3, 0.4) is 0 Å². The van der Waals surface area contributed by atoms with Crippen LogP contribution in [0.4, 0.5) is 0 Å². The third-order valence-electron chi connectivity index (χ3n) is 4.90. The number of ether oxygens (including phenoxy) is 5. The van der Waals surface area contributed by atoms with Crippen LogP contribution in [0, 0.1) is 0 Å². The first-order valence-corrected chi connectivity index (χ1v) is 11.5. The van der Waals surface area contributed by atoms with Crippen LogP contribution in [0.25, 0.3) is 0 Å². The van der Waals surface area contributed by atoms with Crippen molar-refractivity contribution >= 4 is 12.2 Å². The molecule has 0 radical (unpaired) electrons. The summed E-state index contributed by atoms with van der Waals surface area (Å²) in [7, 11) is 3.10. The second-order valence-electron chi connectivity index (χ2n) is 7.70. The number of benzene rings is 2. The van der Waals surface area contributed by atoms with Gasteiger partial charge in [-0.1, -0.05) is 12.1 Å². The number of unbranched alkanes of at least 4 members (excludes halogenated alkanes) is 2. The van der Waals surface area contributed by atoms with Gasteiger partial charge in [-0.2, -0.15) is 0 Å². The van der Waals surface area contributed by atoms with E-state index in [4.69, 9.17) is 28.5 Å². The molecule has 1 N–H and O–H groups in total. The van der Waals surface area contributed by atoms with Crippen molar-refractivity contribution in [3.63, 3.8) is 0 Å². The van der Waals surface area contributed by atoms with Crippen molar-refractivity contribution < 1.29 is 38.1 Å². The summed E-state index contributed by atoms with van der Waals surface area (Å²) in [4.78, 5) is 27.9. The van der Waals surface area contributed by atoms with Gasteiger partial charge in [0.2, 0.25) is 5.91 Å². The minimum atomic E-state index is -0.150. The van der Waals surface area contributed by atoms with Crippen LogP contribution in [-0.2, 0) is 30.3 Å². The van der Waals surface area contributed by atoms with Crippen LogP contribution in [-0.4, -0.2) is 59.8 Å². The Bertz CT molecular complexity index is 872. The molecule has 9 nitrogen and oxygen atoms in total. The quantitative estimate of drug-likeness (QED) is 0.138. The van der Waals surface area contributed by atoms with Gasteiger partial charge in [-0.25, -0.2) is 5.48 Å². The van der Waals surface area contributed by atoms with E-state index in [-0.39, 0.29) is 26.1 Å². The van der Waals surface area contributed by atoms with Crippen LogP contribution < -0.4 is 15.0 Å². The van der Waals surface area contributed by atoms with Crippen LogP contribution >= 0.6 is 0 Å². The van der Waals surface area contributed by atoms with E-state index in [0.717, 1.165) is 42.4 Å². The second kappa shape index (κ2) is 17.5. The highest BCUT2D eigenvalue weighted by Crippen LogP contribution is 2.24. The van der Waals surface area contributed by atoms with Gasteiger partial charge in [0.25, 0.3) is 0 Å². The van der Waals surface area contributed by atoms with Gasteiger partial charge in [-0.15, -0.1) is 0 Å². The maximum absolute atomic E-state index is 11.7. The van der Waals surface area contributed by atoms with Gasteiger partial charge < -0.3 is 23.7 Å². The van der Waals surface area contributed by atoms with E-state index in [1.54, 1.807) is 26.4 Å². The molecule has 192 valence electrons. The number of carbonyl (C=O) groups excluding carboxylic acids is 2. The Labute approximate surface area is 206 Å². The molecule has 35 heavy (non-hydrogen) atoms. The van der Waals surface area contributed by atoms with Crippen molar-refractivity contribution in [3.05, 3.63) is 59.2 Å². The molecule has 2 rings (SSSR count). The Balaban J connectivity index is 1.65. The van der Waals surface area contributed by atoms with Crippen molar-refractivity contribution in [1.29, 1.82) is 0 Å². The summed E-state index contributed by atoms with van der Waals surface area (Å²) < 4.78 is 26.2. The largest absolute Gasteiger partial charge is 0.494 e. The molecule has 0 atom stereocenters. The van der Waals surface area contributed by atoms with Crippen molar-refractivity contribution in [1.82, 2.24) is 5.48 Å². The number of hydrogen-bond donors (Lipinski definition) is 1. The number of carbonyl (C=O) groups is 2. The van der Waals surface area contributed by atoms with Gasteiger partial charge in [0.15, 0.2) is 6.79 Å². The molecule has 0 heterocycles. The molecule has 0 aliphatic carbocycles. The van der Waals surface area contributed by atoms with E-state index < -0.39 is 0 Å². The van der Waals surface area contributed by atoms with Gasteiger partial charge in [-0.05, 0) is 60.7 Å². The molecular formula is C26H35NO8. The number of aldehydes is 1. The average molecular weight is 490 g/mol. The first-order chi connectivity index (χ1) is 17.2. The smallest absolute Gasteiger partial charge is 0.243 e. The summed E-state index contributed by atoms with van der Waals surface area (Å²) in [5.74, 6) is 1.32. The van der Waals surface area contributed by atoms with Crippen molar-refractivity contribution in [2.45, 2.75) is 32.1 Å². The van der Waals surface area contributed by atoms with Crippen LogP contribution in [0.1, 0.15) is 47.2 Å². The SMILES string of the molecule is COCOCCONC(=O)CCCCCOc1ccc(Cc2cc(C=O)ccc2OCOC)cc1. The number of hydrogen-bond acceptors (Lipinski definition) is 8. The fourth-order valence-electron chi connectivity index (χ4n) is 3.18. The zero-order valence-corrected chi connectivity index (χ0v) is 20.5. The van der Waals surface area contributed by atoms with Crippen molar-refractivity contribution in [2.24, 2.45) is 0 Å². The molecule has 0 spiro atoms. The normalized spacial score (nSPS) is 10.7. The van der Waals surface area contributed by atoms with E-state index in [1.807, 2.05) is 30.3 Å². The number of amides is 1. The Morgan fingerprint density at radius 1 is 0.886 bits per heavy atom. The second-order valence-corrected chi connectivity index (χ2v) is 7.70. The molecule has 0 aliphatic heterocycles. The van der Waals surface area contributed by atoms with Gasteiger partial charge in [0.05, 0.1) is 19.8 Å². The summed E-state index contributed by atoms with van der Waals surface area (Å²) in [5.41, 5.74) is 4.98. The minimum Gasteiger partial charge on any atom is -0.494 e. The molecule has 1 amide bonds. The zero-order valence-electron chi connectivity index (χ0n) is 20.5. The first-order valence-electron chi connectivity index (χ1n) is 11.5. The predicted octanol–water partition coefficient (Wildman–Crippen LogP) is 3.68. The zero-order chi connectivity index (χ0) is 25.1. The number of hydroxylamine groups is 1. The standard InChI is InChI=1S/C26H35NO8/c1-30-19-32-14-15-35-27-26(29)6-4-3-5-13-33-24-10-7-21(8-11-24)16-23-17-22(18-28)9-12-25(23)34-20-31-2/h7-12,17-18H,3-6,13-16,19-20H2,1-2H3,(H,27,29). The Kier molecular flexibility index (Phi) is 14.1. The van der Waals surface area contributed by atoms with E-state index in [1.165, 1.54) is 0 Å². The predicted molar refractivity (Wildman–Crippen MR) is 129 cm³/mol. The molecule has 0 aliphatic rings. The highest BCUT2D eigenvalue weighted by atomic mass is 16.7. The Morgan fingerprint density at radius 2 is 1.69 bits per heavy atom. The first kappa shape index (κ1) is 28.3. The molecular weight excluding hydrogens is 454 g/mol.